The second-order valence-electron chi connectivity index (χ2n) is 13.0. The minimum absolute atomic E-state index is 0.0247. The van der Waals surface area contributed by atoms with Crippen molar-refractivity contribution in [1.29, 1.82) is 0 Å². The number of nitrogens with zero attached hydrogens (tertiary/aromatic N) is 1. The number of aliphatic hydroxyl groups excluding tert-OH is 1. The number of carbonyl (C=O) groups is 1. The summed E-state index contributed by atoms with van der Waals surface area (Å²) in [7, 11) is -4.06. The highest BCUT2D eigenvalue weighted by Gasteiger charge is 2.27. The molecule has 3 rings (SSSR count). The third-order valence-electron chi connectivity index (χ3n) is 9.11. The molecule has 0 aliphatic carbocycles. The fourth-order valence-electron chi connectivity index (χ4n) is 5.19. The van der Waals surface area contributed by atoms with Crippen molar-refractivity contribution >= 4 is 27.3 Å². The van der Waals surface area contributed by atoms with Crippen LogP contribution in [0.2, 0.25) is 0 Å². The van der Waals surface area contributed by atoms with Gasteiger partial charge in [0.15, 0.2) is 0 Å². The number of anilines is 2. The second-order valence-corrected chi connectivity index (χ2v) is 14.7. The molecule has 0 aliphatic rings. The largest absolute Gasteiger partial charge is 0.493 e. The molecule has 0 spiro atoms. The molecule has 8 nitrogen and oxygen atoms in total. The molecule has 46 heavy (non-hydrogen) atoms. The number of likely N-dealkylation sites (N-methyl/N-ethyl adjacent to an activating group) is 1. The van der Waals surface area contributed by atoms with Crippen LogP contribution in [0, 0.1) is 6.92 Å². The number of carbonyl (C=O) groups excluding carboxylic acids is 1. The van der Waals surface area contributed by atoms with Crippen molar-refractivity contribution < 1.29 is 23.1 Å². The second kappa shape index (κ2) is 15.8. The molecule has 0 bridgehead atoms. The number of rotatable bonds is 17. The zero-order valence-corrected chi connectivity index (χ0v) is 29.7. The lowest BCUT2D eigenvalue weighted by Gasteiger charge is -2.30. The SMILES string of the molecule is CCN(CCO)c1ccc(NS(=O)(=O)c2ccccc2C(=O)NCCCOc2ccc(C(C)(C)CC)cc2C(C)(C)CC)c(C)c1. The molecule has 1 amide bonds. The van der Waals surface area contributed by atoms with Crippen molar-refractivity contribution in [3.05, 3.63) is 82.9 Å². The van der Waals surface area contributed by atoms with Gasteiger partial charge in [-0.05, 0) is 91.5 Å². The molecule has 3 aromatic carbocycles. The fraction of sp³-hybridized carbons (Fsp3) is 0.486. The van der Waals surface area contributed by atoms with Crippen molar-refractivity contribution in [3.8, 4) is 5.75 Å². The number of ether oxygens (including phenoxy) is 1. The van der Waals surface area contributed by atoms with Crippen LogP contribution in [0.1, 0.15) is 94.8 Å². The minimum atomic E-state index is -4.06. The summed E-state index contributed by atoms with van der Waals surface area (Å²) in [6, 6.07) is 18.1. The smallest absolute Gasteiger partial charge is 0.262 e. The van der Waals surface area contributed by atoms with E-state index in [0.29, 0.717) is 38.3 Å². The van der Waals surface area contributed by atoms with E-state index in [-0.39, 0.29) is 27.9 Å². The summed E-state index contributed by atoms with van der Waals surface area (Å²) >= 11 is 0. The maximum Gasteiger partial charge on any atom is 0.262 e. The number of hydrogen-bond acceptors (Lipinski definition) is 6. The molecule has 9 heteroatoms. The van der Waals surface area contributed by atoms with E-state index in [1.54, 1.807) is 18.2 Å². The maximum absolute atomic E-state index is 13.5. The fourth-order valence-corrected chi connectivity index (χ4v) is 6.53. The average molecular weight is 652 g/mol. The summed E-state index contributed by atoms with van der Waals surface area (Å²) in [5, 5.41) is 12.2. The Balaban J connectivity index is 1.67. The van der Waals surface area contributed by atoms with Gasteiger partial charge in [-0.25, -0.2) is 8.42 Å². The molecule has 3 aromatic rings. The molecular formula is C37H53N3O5S. The van der Waals surface area contributed by atoms with Crippen LogP contribution in [-0.4, -0.2) is 52.3 Å². The number of hydrogen-bond donors (Lipinski definition) is 3. The lowest BCUT2D eigenvalue weighted by molar-refractivity contribution is 0.0948. The van der Waals surface area contributed by atoms with E-state index in [9.17, 15) is 18.3 Å². The van der Waals surface area contributed by atoms with Gasteiger partial charge in [-0.1, -0.05) is 65.8 Å². The van der Waals surface area contributed by atoms with Gasteiger partial charge < -0.3 is 20.1 Å². The zero-order chi connectivity index (χ0) is 34.1. The summed E-state index contributed by atoms with van der Waals surface area (Å²) in [4.78, 5) is 15.1. The van der Waals surface area contributed by atoms with Crippen LogP contribution in [0.5, 0.6) is 5.75 Å². The first-order valence-electron chi connectivity index (χ1n) is 16.3. The molecule has 252 valence electrons. The van der Waals surface area contributed by atoms with Crippen molar-refractivity contribution in [2.24, 2.45) is 0 Å². The van der Waals surface area contributed by atoms with Crippen LogP contribution in [0.4, 0.5) is 11.4 Å². The molecule has 0 radical (unpaired) electrons. The van der Waals surface area contributed by atoms with Crippen LogP contribution in [0.3, 0.4) is 0 Å². The molecule has 0 atom stereocenters. The Morgan fingerprint density at radius 3 is 2.26 bits per heavy atom. The van der Waals surface area contributed by atoms with Gasteiger partial charge in [-0.2, -0.15) is 0 Å². The van der Waals surface area contributed by atoms with Crippen molar-refractivity contribution in [2.45, 2.75) is 90.4 Å². The van der Waals surface area contributed by atoms with Crippen LogP contribution in [-0.2, 0) is 20.9 Å². The molecule has 0 saturated carbocycles. The van der Waals surface area contributed by atoms with Gasteiger partial charge in [0.2, 0.25) is 0 Å². The first kappa shape index (κ1) is 36.9. The normalized spacial score (nSPS) is 12.1. The Morgan fingerprint density at radius 2 is 1.63 bits per heavy atom. The predicted molar refractivity (Wildman–Crippen MR) is 189 cm³/mol. The summed E-state index contributed by atoms with van der Waals surface area (Å²) in [6.45, 7) is 19.1. The van der Waals surface area contributed by atoms with Gasteiger partial charge in [0.25, 0.3) is 15.9 Å². The lowest BCUT2D eigenvalue weighted by Crippen LogP contribution is -2.28. The monoisotopic (exact) mass is 651 g/mol. The van der Waals surface area contributed by atoms with E-state index >= 15 is 0 Å². The van der Waals surface area contributed by atoms with Gasteiger partial charge >= 0.3 is 0 Å². The molecule has 0 saturated heterocycles. The Kier molecular flexibility index (Phi) is 12.7. The van der Waals surface area contributed by atoms with E-state index < -0.39 is 15.9 Å². The number of benzene rings is 3. The van der Waals surface area contributed by atoms with E-state index in [2.05, 4.69) is 69.8 Å². The lowest BCUT2D eigenvalue weighted by atomic mass is 9.76. The Morgan fingerprint density at radius 1 is 0.935 bits per heavy atom. The van der Waals surface area contributed by atoms with Crippen molar-refractivity contribution in [2.75, 3.05) is 42.5 Å². The van der Waals surface area contributed by atoms with Crippen molar-refractivity contribution in [1.82, 2.24) is 5.32 Å². The van der Waals surface area contributed by atoms with Crippen LogP contribution >= 0.6 is 0 Å². The van der Waals surface area contributed by atoms with Gasteiger partial charge in [0.05, 0.1) is 24.5 Å². The van der Waals surface area contributed by atoms with Crippen LogP contribution in [0.25, 0.3) is 0 Å². The molecule has 0 aliphatic heterocycles. The maximum atomic E-state index is 13.5. The summed E-state index contributed by atoms with van der Waals surface area (Å²) < 4.78 is 35.8. The number of amides is 1. The molecule has 0 fully saturated rings. The van der Waals surface area contributed by atoms with E-state index in [4.69, 9.17) is 4.74 Å². The summed E-state index contributed by atoms with van der Waals surface area (Å²) in [6.07, 6.45) is 2.57. The summed E-state index contributed by atoms with van der Waals surface area (Å²) in [5.74, 6) is 0.394. The molecular weight excluding hydrogens is 598 g/mol. The highest BCUT2D eigenvalue weighted by molar-refractivity contribution is 7.92. The highest BCUT2D eigenvalue weighted by atomic mass is 32.2. The third kappa shape index (κ3) is 9.04. The van der Waals surface area contributed by atoms with E-state index in [0.717, 1.165) is 29.8 Å². The Bertz CT molecular complexity index is 1580. The van der Waals surface area contributed by atoms with Crippen molar-refractivity contribution in [3.63, 3.8) is 0 Å². The highest BCUT2D eigenvalue weighted by Crippen LogP contribution is 2.38. The van der Waals surface area contributed by atoms with Crippen LogP contribution in [0.15, 0.2) is 65.6 Å². The van der Waals surface area contributed by atoms with E-state index in [1.807, 2.05) is 30.9 Å². The summed E-state index contributed by atoms with van der Waals surface area (Å²) in [5.41, 5.74) is 4.62. The van der Waals surface area contributed by atoms with Gasteiger partial charge in [0, 0.05) is 30.9 Å². The quantitative estimate of drug-likeness (QED) is 0.133. The standard InChI is InChI=1S/C37H53N3O5S/c1-9-36(5,6)28-17-20-33(31(26-28)37(7,8)10-2)45-24-14-21-38-35(42)30-15-12-13-16-34(30)46(43,44)39-32-19-18-29(25-27(32)4)40(11-3)22-23-41/h12-13,15-20,25-26,39,41H,9-11,14,21-24H2,1-8H3,(H,38,42). The average Bonchev–Trinajstić information content (AvgIpc) is 3.04. The molecule has 3 N–H and O–H groups in total. The number of sulfonamides is 1. The van der Waals surface area contributed by atoms with Gasteiger partial charge in [-0.3, -0.25) is 9.52 Å². The van der Waals surface area contributed by atoms with Gasteiger partial charge in [-0.15, -0.1) is 0 Å². The first-order chi connectivity index (χ1) is 21.7. The zero-order valence-electron chi connectivity index (χ0n) is 28.9. The molecule has 0 heterocycles. The predicted octanol–water partition coefficient (Wildman–Crippen LogP) is 7.19. The van der Waals surface area contributed by atoms with E-state index in [1.165, 1.54) is 23.3 Å². The Hall–Kier alpha value is -3.56. The Labute approximate surface area is 276 Å². The number of aryl methyl sites for hydroxylation is 1. The van der Waals surface area contributed by atoms with Crippen LogP contribution < -0.4 is 19.7 Å². The molecule has 0 aromatic heterocycles. The third-order valence-corrected chi connectivity index (χ3v) is 10.5. The number of nitrogens with one attached hydrogen (secondary N) is 2. The molecule has 0 unspecified atom stereocenters. The number of aliphatic hydroxyl groups is 1. The minimum Gasteiger partial charge on any atom is -0.493 e. The van der Waals surface area contributed by atoms with Gasteiger partial charge in [0.1, 0.15) is 10.6 Å². The topological polar surface area (TPSA) is 108 Å². The first-order valence-corrected chi connectivity index (χ1v) is 17.8.